The van der Waals surface area contributed by atoms with Gasteiger partial charge in [-0.25, -0.2) is 0 Å². The average Bonchev–Trinajstić information content (AvgIpc) is 3.06. The highest BCUT2D eigenvalue weighted by atomic mass is 15.2. The molecular formula is C33H35N. The monoisotopic (exact) mass is 446 g/mol. The lowest BCUT2D eigenvalue weighted by atomic mass is 9.82. The highest BCUT2D eigenvalue weighted by molar-refractivity contribution is 5.88. The molecule has 0 aromatic heterocycles. The molecule has 34 heavy (non-hydrogen) atoms. The van der Waals surface area contributed by atoms with Crippen molar-refractivity contribution in [1.82, 2.24) is 0 Å². The highest BCUT2D eigenvalue weighted by Crippen LogP contribution is 2.52. The van der Waals surface area contributed by atoms with Gasteiger partial charge in [0.2, 0.25) is 0 Å². The Morgan fingerprint density at radius 2 is 1.35 bits per heavy atom. The molecule has 4 aromatic carbocycles. The van der Waals surface area contributed by atoms with Crippen LogP contribution in [0.25, 0.3) is 22.3 Å². The molecule has 0 fully saturated rings. The van der Waals surface area contributed by atoms with E-state index in [4.69, 9.17) is 1.37 Å². The first kappa shape index (κ1) is 21.2. The van der Waals surface area contributed by atoms with E-state index in [-0.39, 0.29) is 17.4 Å². The summed E-state index contributed by atoms with van der Waals surface area (Å²) in [5.41, 5.74) is 10.8. The fourth-order valence-corrected chi connectivity index (χ4v) is 5.62. The van der Waals surface area contributed by atoms with Crippen LogP contribution in [0, 0.1) is 0 Å². The molecule has 0 saturated carbocycles. The third-order valence-electron chi connectivity index (χ3n) is 7.20. The summed E-state index contributed by atoms with van der Waals surface area (Å²) >= 11 is 0. The van der Waals surface area contributed by atoms with E-state index in [2.05, 4.69) is 131 Å². The van der Waals surface area contributed by atoms with Crippen LogP contribution in [-0.4, -0.2) is 5.54 Å². The SMILES string of the molecule is [2H]C(C)c1c(N(c2ccc(-c3ccccc3)cc2)C(C)(C)C)ccc2c1-c1ccccc1C2(C)C. The van der Waals surface area contributed by atoms with Crippen molar-refractivity contribution in [1.29, 1.82) is 0 Å². The zero-order chi connectivity index (χ0) is 25.0. The summed E-state index contributed by atoms with van der Waals surface area (Å²) < 4.78 is 8.98. The van der Waals surface area contributed by atoms with Crippen molar-refractivity contribution in [3.8, 4) is 22.3 Å². The van der Waals surface area contributed by atoms with Crippen LogP contribution in [0.1, 0.15) is 59.6 Å². The Labute approximate surface area is 206 Å². The number of nitrogens with zero attached hydrogens (tertiary/aromatic N) is 1. The third-order valence-corrected chi connectivity index (χ3v) is 7.20. The predicted octanol–water partition coefficient (Wildman–Crippen LogP) is 9.16. The molecule has 0 saturated heterocycles. The van der Waals surface area contributed by atoms with Gasteiger partial charge < -0.3 is 4.90 Å². The number of rotatable bonds is 4. The maximum atomic E-state index is 8.98. The summed E-state index contributed by atoms with van der Waals surface area (Å²) in [4.78, 5) is 2.41. The minimum atomic E-state index is -0.352. The quantitative estimate of drug-likeness (QED) is 0.302. The molecule has 172 valence electrons. The first-order chi connectivity index (χ1) is 16.6. The van der Waals surface area contributed by atoms with E-state index in [1.807, 2.05) is 6.92 Å². The van der Waals surface area contributed by atoms with Crippen molar-refractivity contribution < 1.29 is 1.37 Å². The van der Waals surface area contributed by atoms with Crippen molar-refractivity contribution in [2.45, 2.75) is 58.9 Å². The molecule has 0 N–H and O–H groups in total. The maximum Gasteiger partial charge on any atom is 0.0454 e. The second-order valence-corrected chi connectivity index (χ2v) is 10.8. The largest absolute Gasteiger partial charge is 0.336 e. The molecule has 5 rings (SSSR count). The Balaban J connectivity index is 1.71. The van der Waals surface area contributed by atoms with E-state index in [0.717, 1.165) is 16.9 Å². The first-order valence-corrected chi connectivity index (χ1v) is 12.3. The lowest BCUT2D eigenvalue weighted by Gasteiger charge is -2.40. The lowest BCUT2D eigenvalue weighted by molar-refractivity contribution is 0.558. The Hall–Kier alpha value is -3.32. The number of hydrogen-bond acceptors (Lipinski definition) is 1. The van der Waals surface area contributed by atoms with Gasteiger partial charge in [0.25, 0.3) is 0 Å². The van der Waals surface area contributed by atoms with Gasteiger partial charge in [-0.3, -0.25) is 0 Å². The Bertz CT molecular complexity index is 1360. The zero-order valence-corrected chi connectivity index (χ0v) is 21.2. The minimum Gasteiger partial charge on any atom is -0.336 e. The molecule has 1 aliphatic carbocycles. The number of anilines is 2. The molecule has 0 spiro atoms. The molecule has 1 atom stereocenters. The fourth-order valence-electron chi connectivity index (χ4n) is 5.62. The average molecular weight is 447 g/mol. The Kier molecular flexibility index (Phi) is 5.10. The summed E-state index contributed by atoms with van der Waals surface area (Å²) in [7, 11) is 0. The Morgan fingerprint density at radius 3 is 2.00 bits per heavy atom. The van der Waals surface area contributed by atoms with E-state index in [9.17, 15) is 0 Å². The van der Waals surface area contributed by atoms with Crippen LogP contribution >= 0.6 is 0 Å². The van der Waals surface area contributed by atoms with Crippen LogP contribution in [0.15, 0.2) is 91.0 Å². The predicted molar refractivity (Wildman–Crippen MR) is 147 cm³/mol. The second kappa shape index (κ2) is 8.17. The highest BCUT2D eigenvalue weighted by Gasteiger charge is 2.38. The normalized spacial score (nSPS) is 15.3. The van der Waals surface area contributed by atoms with Gasteiger partial charge in [-0.05, 0) is 84.3 Å². The van der Waals surface area contributed by atoms with E-state index in [1.165, 1.54) is 33.4 Å². The van der Waals surface area contributed by atoms with Gasteiger partial charge in [-0.15, -0.1) is 0 Å². The number of fused-ring (bicyclic) bond motifs is 3. The van der Waals surface area contributed by atoms with Crippen molar-refractivity contribution >= 4 is 11.4 Å². The maximum absolute atomic E-state index is 8.98. The van der Waals surface area contributed by atoms with Crippen molar-refractivity contribution in [2.75, 3.05) is 4.90 Å². The number of hydrogen-bond donors (Lipinski definition) is 0. The standard InChI is InChI=1S/C33H35N/c1-7-26-30(22-21-29-31(26)27-15-11-12-16-28(27)33(29,5)6)34(32(2,3)4)25-19-17-24(18-20-25)23-13-9-8-10-14-23/h8-22H,7H2,1-6H3/i7D. The molecule has 4 aromatic rings. The summed E-state index contributed by atoms with van der Waals surface area (Å²) in [5.74, 6) is 0. The van der Waals surface area contributed by atoms with E-state index < -0.39 is 0 Å². The van der Waals surface area contributed by atoms with Gasteiger partial charge in [-0.2, -0.15) is 0 Å². The molecule has 1 unspecified atom stereocenters. The molecule has 0 heterocycles. The molecular weight excluding hydrogens is 410 g/mol. The Morgan fingerprint density at radius 1 is 0.735 bits per heavy atom. The van der Waals surface area contributed by atoms with Gasteiger partial charge in [0.05, 0.1) is 0 Å². The lowest BCUT2D eigenvalue weighted by Crippen LogP contribution is -2.38. The van der Waals surface area contributed by atoms with Crippen LogP contribution in [0.2, 0.25) is 0 Å². The fraction of sp³-hybridized carbons (Fsp3) is 0.273. The summed E-state index contributed by atoms with van der Waals surface area (Å²) in [6.45, 7) is 13.4. The second-order valence-electron chi connectivity index (χ2n) is 10.8. The van der Waals surface area contributed by atoms with Crippen LogP contribution in [0.4, 0.5) is 11.4 Å². The molecule has 1 heteroatoms. The molecule has 1 aliphatic rings. The smallest absolute Gasteiger partial charge is 0.0454 e. The van der Waals surface area contributed by atoms with Gasteiger partial charge in [-0.1, -0.05) is 93.6 Å². The summed E-state index contributed by atoms with van der Waals surface area (Å²) in [6.07, 6.45) is -0.352. The van der Waals surface area contributed by atoms with Crippen LogP contribution < -0.4 is 4.90 Å². The minimum absolute atomic E-state index is 0.0714. The first-order valence-electron chi connectivity index (χ1n) is 12.8. The van der Waals surface area contributed by atoms with Gasteiger partial charge in [0.15, 0.2) is 0 Å². The molecule has 0 radical (unpaired) electrons. The summed E-state index contributed by atoms with van der Waals surface area (Å²) in [5, 5.41) is 0. The van der Waals surface area contributed by atoms with Crippen LogP contribution in [0.3, 0.4) is 0 Å². The summed E-state index contributed by atoms with van der Waals surface area (Å²) in [6, 6.07) is 32.6. The van der Waals surface area contributed by atoms with E-state index in [1.54, 1.807) is 0 Å². The number of benzene rings is 4. The van der Waals surface area contributed by atoms with E-state index >= 15 is 0 Å². The van der Waals surface area contributed by atoms with Gasteiger partial charge in [0, 0.05) is 23.7 Å². The van der Waals surface area contributed by atoms with Crippen LogP contribution in [-0.2, 0) is 11.8 Å². The zero-order valence-electron chi connectivity index (χ0n) is 22.2. The van der Waals surface area contributed by atoms with Crippen molar-refractivity contribution in [2.24, 2.45) is 0 Å². The topological polar surface area (TPSA) is 3.24 Å². The third kappa shape index (κ3) is 3.55. The molecule has 0 bridgehead atoms. The van der Waals surface area contributed by atoms with E-state index in [0.29, 0.717) is 0 Å². The van der Waals surface area contributed by atoms with Crippen molar-refractivity contribution in [3.63, 3.8) is 0 Å². The van der Waals surface area contributed by atoms with Crippen molar-refractivity contribution in [3.05, 3.63) is 108 Å². The molecule has 0 aliphatic heterocycles. The molecule has 0 amide bonds. The van der Waals surface area contributed by atoms with Gasteiger partial charge in [0.1, 0.15) is 0 Å². The molecule has 1 nitrogen and oxygen atoms in total. The van der Waals surface area contributed by atoms with Gasteiger partial charge >= 0.3 is 0 Å². The van der Waals surface area contributed by atoms with Crippen LogP contribution in [0.5, 0.6) is 0 Å².